The Morgan fingerprint density at radius 3 is 2.67 bits per heavy atom. The van der Waals surface area contributed by atoms with Crippen molar-refractivity contribution < 1.29 is 22.3 Å². The van der Waals surface area contributed by atoms with E-state index in [0.717, 1.165) is 43.0 Å². The molecule has 9 nitrogen and oxygen atoms in total. The third-order valence-corrected chi connectivity index (χ3v) is 8.50. The molecule has 1 aliphatic heterocycles. The first-order valence-corrected chi connectivity index (χ1v) is 14.7. The van der Waals surface area contributed by atoms with Gasteiger partial charge in [-0.2, -0.15) is 5.10 Å². The van der Waals surface area contributed by atoms with Gasteiger partial charge in [-0.25, -0.2) is 32.3 Å². The van der Waals surface area contributed by atoms with Crippen LogP contribution in [0, 0.1) is 11.7 Å². The third-order valence-electron chi connectivity index (χ3n) is 6.03. The summed E-state index contributed by atoms with van der Waals surface area (Å²) in [5.41, 5.74) is 0.535. The van der Waals surface area contributed by atoms with Crippen LogP contribution in [-0.4, -0.2) is 70.4 Å². The van der Waals surface area contributed by atoms with E-state index in [9.17, 15) is 17.6 Å². The van der Waals surface area contributed by atoms with Crippen LogP contribution in [0.4, 0.5) is 9.18 Å². The van der Waals surface area contributed by atoms with E-state index in [-0.39, 0.29) is 21.9 Å². The second-order valence-corrected chi connectivity index (χ2v) is 12.6. The average Bonchev–Trinajstić information content (AvgIpc) is 3.26. The molecular weight excluding hydrogens is 505 g/mol. The summed E-state index contributed by atoms with van der Waals surface area (Å²) < 4.78 is 45.0. The van der Waals surface area contributed by atoms with Gasteiger partial charge in [0, 0.05) is 24.6 Å². The van der Waals surface area contributed by atoms with E-state index < -0.39 is 15.7 Å². The zero-order valence-corrected chi connectivity index (χ0v) is 22.2. The minimum Gasteiger partial charge on any atom is -0.449 e. The molecule has 4 rings (SSSR count). The molecule has 1 amide bonds. The van der Waals surface area contributed by atoms with Crippen LogP contribution in [0.5, 0.6) is 0 Å². The molecule has 0 radical (unpaired) electrons. The summed E-state index contributed by atoms with van der Waals surface area (Å²) in [4.78, 5) is 22.7. The maximum absolute atomic E-state index is 14.8. The number of carbonyl (C=O) groups excluding carboxylic acids is 1. The van der Waals surface area contributed by atoms with Gasteiger partial charge in [0.15, 0.2) is 15.5 Å². The fraction of sp³-hybridized carbons (Fsp3) is 0.500. The van der Waals surface area contributed by atoms with E-state index in [2.05, 4.69) is 28.9 Å². The van der Waals surface area contributed by atoms with Crippen molar-refractivity contribution in [2.45, 2.75) is 54.7 Å². The largest absolute Gasteiger partial charge is 0.449 e. The molecule has 1 saturated heterocycles. The molecule has 3 aromatic rings. The Labute approximate surface area is 214 Å². The third kappa shape index (κ3) is 6.15. The Bertz CT molecular complexity index is 1340. The number of halogens is 1. The average molecular weight is 536 g/mol. The fourth-order valence-electron chi connectivity index (χ4n) is 4.04. The van der Waals surface area contributed by atoms with Crippen LogP contribution in [0.1, 0.15) is 39.5 Å². The molecule has 0 N–H and O–H groups in total. The summed E-state index contributed by atoms with van der Waals surface area (Å²) in [5.74, 6) is -0.115. The predicted octanol–water partition coefficient (Wildman–Crippen LogP) is 4.49. The van der Waals surface area contributed by atoms with Crippen LogP contribution in [0.15, 0.2) is 40.6 Å². The topological polar surface area (TPSA) is 107 Å². The summed E-state index contributed by atoms with van der Waals surface area (Å²) in [6.45, 7) is 5.98. The maximum atomic E-state index is 14.8. The second-order valence-electron chi connectivity index (χ2n) is 9.31. The van der Waals surface area contributed by atoms with Crippen LogP contribution in [0.25, 0.3) is 16.7 Å². The molecule has 0 bridgehead atoms. The summed E-state index contributed by atoms with van der Waals surface area (Å²) in [6, 6.07) is 3.71. The number of hydrogen-bond acceptors (Lipinski definition) is 8. The number of aromatic nitrogens is 4. The summed E-state index contributed by atoms with van der Waals surface area (Å²) in [6.07, 6.45) is 7.29. The molecule has 1 aliphatic rings. The highest BCUT2D eigenvalue weighted by Gasteiger charge is 2.26. The Balaban J connectivity index is 1.41. The zero-order chi connectivity index (χ0) is 25.9. The maximum Gasteiger partial charge on any atom is 0.409 e. The first kappa shape index (κ1) is 26.3. The summed E-state index contributed by atoms with van der Waals surface area (Å²) in [5, 5.41) is 5.96. The predicted molar refractivity (Wildman–Crippen MR) is 136 cm³/mol. The first-order chi connectivity index (χ1) is 17.1. The van der Waals surface area contributed by atoms with Crippen molar-refractivity contribution in [1.29, 1.82) is 0 Å². The van der Waals surface area contributed by atoms with Gasteiger partial charge < -0.3 is 9.64 Å². The highest BCUT2D eigenvalue weighted by atomic mass is 32.2. The second kappa shape index (κ2) is 11.1. The lowest BCUT2D eigenvalue weighted by Crippen LogP contribution is -2.39. The van der Waals surface area contributed by atoms with Gasteiger partial charge in [0.05, 0.1) is 23.1 Å². The number of ether oxygens (including phenoxy) is 1. The molecule has 0 saturated carbocycles. The molecule has 194 valence electrons. The number of rotatable bonds is 8. The molecule has 0 atom stereocenters. The van der Waals surface area contributed by atoms with E-state index in [1.165, 1.54) is 23.1 Å². The van der Waals surface area contributed by atoms with Crippen molar-refractivity contribution in [2.24, 2.45) is 5.92 Å². The lowest BCUT2D eigenvalue weighted by molar-refractivity contribution is 0.0936. The highest BCUT2D eigenvalue weighted by Crippen LogP contribution is 2.34. The van der Waals surface area contributed by atoms with Crippen molar-refractivity contribution in [2.75, 3.05) is 26.0 Å². The van der Waals surface area contributed by atoms with Gasteiger partial charge in [-0.1, -0.05) is 13.8 Å². The molecule has 1 aromatic carbocycles. The lowest BCUT2D eigenvalue weighted by Gasteiger charge is -2.30. The Kier molecular flexibility index (Phi) is 8.13. The van der Waals surface area contributed by atoms with Crippen LogP contribution in [0.2, 0.25) is 0 Å². The zero-order valence-electron chi connectivity index (χ0n) is 20.6. The van der Waals surface area contributed by atoms with E-state index in [1.807, 2.05) is 0 Å². The van der Waals surface area contributed by atoms with Gasteiger partial charge in [0.25, 0.3) is 0 Å². The summed E-state index contributed by atoms with van der Waals surface area (Å²) >= 11 is 1.59. The number of hydrogen-bond donors (Lipinski definition) is 0. The molecule has 2 aromatic heterocycles. The molecule has 0 unspecified atom stereocenters. The number of amides is 1. The van der Waals surface area contributed by atoms with Crippen LogP contribution in [0.3, 0.4) is 0 Å². The van der Waals surface area contributed by atoms with Gasteiger partial charge in [-0.15, -0.1) is 11.8 Å². The fourth-order valence-corrected chi connectivity index (χ4v) is 5.81. The van der Waals surface area contributed by atoms with Gasteiger partial charge in [0.1, 0.15) is 22.9 Å². The van der Waals surface area contributed by atoms with Crippen LogP contribution >= 0.6 is 11.8 Å². The van der Waals surface area contributed by atoms with Crippen LogP contribution in [-0.2, 0) is 14.6 Å². The molecule has 36 heavy (non-hydrogen) atoms. The van der Waals surface area contributed by atoms with Crippen molar-refractivity contribution in [1.82, 2.24) is 24.6 Å². The molecule has 12 heteroatoms. The van der Waals surface area contributed by atoms with E-state index >= 15 is 0 Å². The van der Waals surface area contributed by atoms with Crippen molar-refractivity contribution in [3.05, 3.63) is 36.5 Å². The molecule has 1 fully saturated rings. The van der Waals surface area contributed by atoms with Gasteiger partial charge >= 0.3 is 6.09 Å². The monoisotopic (exact) mass is 535 g/mol. The van der Waals surface area contributed by atoms with Crippen molar-refractivity contribution >= 4 is 38.7 Å². The van der Waals surface area contributed by atoms with Gasteiger partial charge in [0.2, 0.25) is 0 Å². The van der Waals surface area contributed by atoms with Crippen molar-refractivity contribution in [3.8, 4) is 5.69 Å². The Hall–Kier alpha value is -2.73. The smallest absolute Gasteiger partial charge is 0.409 e. The number of likely N-dealkylation sites (tertiary alicyclic amines) is 1. The Morgan fingerprint density at radius 1 is 1.25 bits per heavy atom. The standard InChI is InChI=1S/C24H30FN5O4S2/c1-16(2)5-4-12-34-24(31)29-10-8-17(9-11-29)35-23-19-14-28-30(22(19)26-15-27-23)21-7-6-18(13-20(21)25)36(3,32)33/h6-7,13-17H,4-5,8-12H2,1-3H3. The first-order valence-electron chi connectivity index (χ1n) is 11.9. The number of fused-ring (bicyclic) bond motifs is 1. The number of carbonyl (C=O) groups is 1. The SMILES string of the molecule is CC(C)CCCOC(=O)N1CCC(Sc2ncnc3c2cnn3-c2ccc(S(C)(=O)=O)cc2F)CC1. The molecule has 0 spiro atoms. The minimum atomic E-state index is -3.53. The quantitative estimate of drug-likeness (QED) is 0.307. The number of benzene rings is 1. The highest BCUT2D eigenvalue weighted by molar-refractivity contribution is 8.00. The number of sulfone groups is 1. The van der Waals surface area contributed by atoms with E-state index in [1.54, 1.807) is 22.9 Å². The van der Waals surface area contributed by atoms with Crippen LogP contribution < -0.4 is 0 Å². The number of nitrogens with zero attached hydrogens (tertiary/aromatic N) is 5. The lowest BCUT2D eigenvalue weighted by atomic mass is 10.1. The molecule has 3 heterocycles. The Morgan fingerprint density at radius 2 is 2.00 bits per heavy atom. The minimum absolute atomic E-state index is 0.100. The normalized spacial score (nSPS) is 15.1. The van der Waals surface area contributed by atoms with E-state index in [0.29, 0.717) is 36.6 Å². The summed E-state index contributed by atoms with van der Waals surface area (Å²) in [7, 11) is -3.53. The van der Waals surface area contributed by atoms with Gasteiger partial charge in [-0.3, -0.25) is 0 Å². The van der Waals surface area contributed by atoms with E-state index in [4.69, 9.17) is 4.74 Å². The molecular formula is C24H30FN5O4S2. The van der Waals surface area contributed by atoms with Crippen molar-refractivity contribution in [3.63, 3.8) is 0 Å². The molecule has 0 aliphatic carbocycles. The van der Waals surface area contributed by atoms with Gasteiger partial charge in [-0.05, 0) is 49.8 Å². The number of piperidine rings is 1. The number of thioether (sulfide) groups is 1.